The van der Waals surface area contributed by atoms with E-state index in [1.165, 1.54) is 65.6 Å². The fourth-order valence-electron chi connectivity index (χ4n) is 8.16. The van der Waals surface area contributed by atoms with Crippen molar-refractivity contribution in [2.24, 2.45) is 0 Å². The molecule has 0 aliphatic heterocycles. The lowest BCUT2D eigenvalue weighted by Crippen LogP contribution is -2.11. The molecule has 0 amide bonds. The van der Waals surface area contributed by atoms with Crippen LogP contribution in [-0.4, -0.2) is 4.57 Å². The second-order valence-electron chi connectivity index (χ2n) is 13.3. The number of fused-ring (bicyclic) bond motifs is 6. The van der Waals surface area contributed by atoms with Gasteiger partial charge in [0.1, 0.15) is 0 Å². The van der Waals surface area contributed by atoms with Crippen molar-refractivity contribution in [3.05, 3.63) is 206 Å². The maximum Gasteiger partial charge on any atom is 0.0782 e. The van der Waals surface area contributed by atoms with Crippen LogP contribution in [0.3, 0.4) is 0 Å². The molecule has 0 saturated heterocycles. The lowest BCUT2D eigenvalue weighted by molar-refractivity contribution is 1.17. The molecule has 0 fully saturated rings. The third-order valence-corrected chi connectivity index (χ3v) is 10.3. The van der Waals surface area contributed by atoms with E-state index in [2.05, 4.69) is 216 Å². The first-order valence-corrected chi connectivity index (χ1v) is 17.9. The first-order chi connectivity index (χ1) is 25.8. The van der Waals surface area contributed by atoms with Crippen molar-refractivity contribution >= 4 is 60.4 Å². The highest BCUT2D eigenvalue weighted by atomic mass is 15.2. The van der Waals surface area contributed by atoms with Crippen LogP contribution >= 0.6 is 0 Å². The first-order valence-electron chi connectivity index (χ1n) is 17.9. The van der Waals surface area contributed by atoms with E-state index >= 15 is 0 Å². The summed E-state index contributed by atoms with van der Waals surface area (Å²) in [5, 5.41) is 7.42. The normalized spacial score (nSPS) is 11.5. The molecule has 1 aromatic heterocycles. The zero-order valence-electron chi connectivity index (χ0n) is 28.5. The summed E-state index contributed by atoms with van der Waals surface area (Å²) >= 11 is 0. The van der Waals surface area contributed by atoms with Crippen molar-refractivity contribution in [3.63, 3.8) is 0 Å². The number of anilines is 3. The van der Waals surface area contributed by atoms with Gasteiger partial charge in [0.25, 0.3) is 0 Å². The van der Waals surface area contributed by atoms with Gasteiger partial charge in [-0.1, -0.05) is 158 Å². The maximum atomic E-state index is 2.44. The Hall–Kier alpha value is -6.90. The molecule has 2 heteroatoms. The summed E-state index contributed by atoms with van der Waals surface area (Å²) in [6.07, 6.45) is 0. The number of aromatic nitrogens is 1. The summed E-state index contributed by atoms with van der Waals surface area (Å²) in [5.41, 5.74) is 11.7. The molecule has 0 atom stereocenters. The molecule has 1 heterocycles. The Balaban J connectivity index is 1.33. The number of hydrogen-bond acceptors (Lipinski definition) is 1. The molecule has 0 spiro atoms. The minimum absolute atomic E-state index is 1.10. The highest BCUT2D eigenvalue weighted by Gasteiger charge is 2.23. The van der Waals surface area contributed by atoms with Gasteiger partial charge in [0.15, 0.2) is 0 Å². The Morgan fingerprint density at radius 3 is 1.54 bits per heavy atom. The monoisotopic (exact) mass is 662 g/mol. The van der Waals surface area contributed by atoms with Gasteiger partial charge >= 0.3 is 0 Å². The SMILES string of the molecule is c1ccc(-c2c(-c3ccccc3)c3cc(N(c4ccccc4)c4cccc5c6ccccc6n(-c6ccccc6)c45)ccc3c3ccccc23)cc1. The molecule has 0 radical (unpaired) electrons. The summed E-state index contributed by atoms with van der Waals surface area (Å²) < 4.78 is 2.42. The van der Waals surface area contributed by atoms with E-state index in [4.69, 9.17) is 0 Å². The molecule has 0 N–H and O–H groups in total. The van der Waals surface area contributed by atoms with Gasteiger partial charge in [-0.2, -0.15) is 0 Å². The summed E-state index contributed by atoms with van der Waals surface area (Å²) in [4.78, 5) is 2.44. The van der Waals surface area contributed by atoms with Crippen molar-refractivity contribution in [2.45, 2.75) is 0 Å². The summed E-state index contributed by atoms with van der Waals surface area (Å²) in [7, 11) is 0. The Morgan fingerprint density at radius 2 is 0.846 bits per heavy atom. The van der Waals surface area contributed by atoms with Gasteiger partial charge in [0.2, 0.25) is 0 Å². The predicted octanol–water partition coefficient (Wildman–Crippen LogP) is 13.9. The van der Waals surface area contributed by atoms with Gasteiger partial charge < -0.3 is 9.47 Å². The van der Waals surface area contributed by atoms with E-state index in [1.807, 2.05) is 0 Å². The Kier molecular flexibility index (Phi) is 7.18. The molecule has 0 saturated carbocycles. The van der Waals surface area contributed by atoms with Gasteiger partial charge in [0.05, 0.1) is 16.7 Å². The van der Waals surface area contributed by atoms with Crippen LogP contribution in [0.1, 0.15) is 0 Å². The van der Waals surface area contributed by atoms with Gasteiger partial charge in [-0.15, -0.1) is 0 Å². The number of nitrogens with zero attached hydrogens (tertiary/aromatic N) is 2. The average molecular weight is 663 g/mol. The number of benzene rings is 9. The summed E-state index contributed by atoms with van der Waals surface area (Å²) in [6.45, 7) is 0. The highest BCUT2D eigenvalue weighted by Crippen LogP contribution is 2.48. The highest BCUT2D eigenvalue weighted by molar-refractivity contribution is 6.22. The molecule has 52 heavy (non-hydrogen) atoms. The van der Waals surface area contributed by atoms with Crippen molar-refractivity contribution in [2.75, 3.05) is 4.90 Å². The molecule has 9 aromatic carbocycles. The fraction of sp³-hybridized carbons (Fsp3) is 0. The van der Waals surface area contributed by atoms with Crippen LogP contribution in [0.4, 0.5) is 17.1 Å². The van der Waals surface area contributed by atoms with Gasteiger partial charge in [-0.05, 0) is 92.3 Å². The zero-order chi connectivity index (χ0) is 34.4. The molecule has 2 nitrogen and oxygen atoms in total. The maximum absolute atomic E-state index is 2.44. The van der Waals surface area contributed by atoms with Crippen LogP contribution < -0.4 is 4.90 Å². The Labute approximate surface area is 303 Å². The average Bonchev–Trinajstić information content (AvgIpc) is 3.57. The second kappa shape index (κ2) is 12.5. The Morgan fingerprint density at radius 1 is 0.327 bits per heavy atom. The standard InChI is InChI=1S/C50H34N2/c1-5-18-35(19-6-1)48-43-28-14-13-26-40(43)41-33-32-39(34-45(41)49(48)36-20-7-2-8-21-36)51(37-22-9-3-10-23-37)47-31-17-29-44-42-27-15-16-30-46(42)52(50(44)47)38-24-11-4-12-25-38/h1-34H. The third-order valence-electron chi connectivity index (χ3n) is 10.3. The third kappa shape index (κ3) is 4.80. The first kappa shape index (κ1) is 30.0. The van der Waals surface area contributed by atoms with Crippen LogP contribution in [0.25, 0.3) is 71.3 Å². The van der Waals surface area contributed by atoms with Crippen molar-refractivity contribution in [1.82, 2.24) is 4.57 Å². The van der Waals surface area contributed by atoms with Crippen molar-refractivity contribution < 1.29 is 0 Å². The molecule has 0 aliphatic rings. The molecule has 0 bridgehead atoms. The molecule has 244 valence electrons. The van der Waals surface area contributed by atoms with E-state index < -0.39 is 0 Å². The minimum Gasteiger partial charge on any atom is -0.308 e. The number of rotatable bonds is 6. The lowest BCUT2D eigenvalue weighted by Gasteiger charge is -2.28. The van der Waals surface area contributed by atoms with Gasteiger partial charge in [0, 0.05) is 27.8 Å². The van der Waals surface area contributed by atoms with E-state index in [0.717, 1.165) is 22.7 Å². The van der Waals surface area contributed by atoms with Crippen molar-refractivity contribution in [1.29, 1.82) is 0 Å². The van der Waals surface area contributed by atoms with E-state index in [9.17, 15) is 0 Å². The molecule has 0 unspecified atom stereocenters. The topological polar surface area (TPSA) is 8.17 Å². The largest absolute Gasteiger partial charge is 0.308 e. The molecule has 10 rings (SSSR count). The summed E-state index contributed by atoms with van der Waals surface area (Å²) in [6, 6.07) is 74.7. The van der Waals surface area contributed by atoms with Crippen LogP contribution in [0, 0.1) is 0 Å². The quantitative estimate of drug-likeness (QED) is 0.161. The van der Waals surface area contributed by atoms with Gasteiger partial charge in [-0.3, -0.25) is 0 Å². The van der Waals surface area contributed by atoms with Crippen LogP contribution in [0.15, 0.2) is 206 Å². The molecular formula is C50H34N2. The summed E-state index contributed by atoms with van der Waals surface area (Å²) in [5.74, 6) is 0. The van der Waals surface area contributed by atoms with E-state index in [-0.39, 0.29) is 0 Å². The van der Waals surface area contributed by atoms with Crippen LogP contribution in [-0.2, 0) is 0 Å². The minimum atomic E-state index is 1.10. The zero-order valence-corrected chi connectivity index (χ0v) is 28.5. The molecule has 10 aromatic rings. The smallest absolute Gasteiger partial charge is 0.0782 e. The predicted molar refractivity (Wildman–Crippen MR) is 221 cm³/mol. The van der Waals surface area contributed by atoms with Gasteiger partial charge in [-0.25, -0.2) is 0 Å². The second-order valence-corrected chi connectivity index (χ2v) is 13.3. The molecule has 0 aliphatic carbocycles. The van der Waals surface area contributed by atoms with Crippen LogP contribution in [0.5, 0.6) is 0 Å². The van der Waals surface area contributed by atoms with Crippen molar-refractivity contribution in [3.8, 4) is 27.9 Å². The number of hydrogen-bond donors (Lipinski definition) is 0. The lowest BCUT2D eigenvalue weighted by atomic mass is 9.85. The fourth-order valence-corrected chi connectivity index (χ4v) is 8.16. The molecular weight excluding hydrogens is 629 g/mol. The Bertz CT molecular complexity index is 2870. The van der Waals surface area contributed by atoms with E-state index in [0.29, 0.717) is 0 Å². The number of para-hydroxylation sites is 4. The van der Waals surface area contributed by atoms with E-state index in [1.54, 1.807) is 0 Å². The van der Waals surface area contributed by atoms with Crippen LogP contribution in [0.2, 0.25) is 0 Å².